The van der Waals surface area contributed by atoms with Gasteiger partial charge < -0.3 is 15.2 Å². The van der Waals surface area contributed by atoms with Gasteiger partial charge in [-0.15, -0.1) is 0 Å². The third-order valence-electron chi connectivity index (χ3n) is 4.45. The van der Waals surface area contributed by atoms with Gasteiger partial charge in [-0.3, -0.25) is 9.59 Å². The number of benzene rings is 2. The molecule has 0 fully saturated rings. The topological polar surface area (TPSA) is 63.1 Å². The molecule has 0 unspecified atom stereocenters. The van der Waals surface area contributed by atoms with Crippen LogP contribution in [-0.2, 0) is 11.8 Å². The Kier molecular flexibility index (Phi) is 3.34. The third-order valence-corrected chi connectivity index (χ3v) is 4.45. The fraction of sp³-hybridized carbons (Fsp3) is 0.158. The quantitative estimate of drug-likeness (QED) is 0.779. The van der Waals surface area contributed by atoms with E-state index in [0.717, 1.165) is 22.2 Å². The average molecular weight is 319 g/mol. The maximum absolute atomic E-state index is 12.4. The van der Waals surface area contributed by atoms with Crippen LogP contribution in [-0.4, -0.2) is 16.4 Å². The summed E-state index contributed by atoms with van der Waals surface area (Å²) in [5.41, 5.74) is 3.36. The van der Waals surface area contributed by atoms with Crippen molar-refractivity contribution in [3.8, 4) is 0 Å². The van der Waals surface area contributed by atoms with Gasteiger partial charge in [0.1, 0.15) is 0 Å². The van der Waals surface area contributed by atoms with Crippen LogP contribution in [0.3, 0.4) is 0 Å². The van der Waals surface area contributed by atoms with Gasteiger partial charge in [-0.25, -0.2) is 0 Å². The molecule has 0 aliphatic carbocycles. The minimum absolute atomic E-state index is 0.117. The molecule has 1 aliphatic rings. The summed E-state index contributed by atoms with van der Waals surface area (Å²) in [5, 5.41) is 6.92. The molecule has 0 spiro atoms. The summed E-state index contributed by atoms with van der Waals surface area (Å²) in [4.78, 5) is 24.3. The monoisotopic (exact) mass is 319 g/mol. The molecule has 2 N–H and O–H groups in total. The van der Waals surface area contributed by atoms with Gasteiger partial charge in [0, 0.05) is 30.0 Å². The van der Waals surface area contributed by atoms with Crippen molar-refractivity contribution in [2.24, 2.45) is 7.05 Å². The normalized spacial score (nSPS) is 16.0. The van der Waals surface area contributed by atoms with Crippen LogP contribution in [0.4, 0.5) is 5.69 Å². The fourth-order valence-electron chi connectivity index (χ4n) is 3.22. The highest BCUT2D eigenvalue weighted by Gasteiger charge is 2.29. The minimum atomic E-state index is -0.271. The van der Waals surface area contributed by atoms with Crippen molar-refractivity contribution in [2.45, 2.75) is 12.5 Å². The van der Waals surface area contributed by atoms with E-state index < -0.39 is 0 Å². The number of carbonyl (C=O) groups excluding carboxylic acids is 2. The van der Waals surface area contributed by atoms with Gasteiger partial charge in [-0.05, 0) is 35.2 Å². The van der Waals surface area contributed by atoms with Gasteiger partial charge in [0.05, 0.1) is 12.5 Å². The van der Waals surface area contributed by atoms with E-state index in [9.17, 15) is 9.59 Å². The number of rotatable bonds is 3. The van der Waals surface area contributed by atoms with Crippen LogP contribution in [0.5, 0.6) is 0 Å². The third kappa shape index (κ3) is 2.44. The molecule has 3 aromatic rings. The van der Waals surface area contributed by atoms with Crippen LogP contribution in [0.25, 0.3) is 10.9 Å². The van der Waals surface area contributed by atoms with Gasteiger partial charge in [-0.2, -0.15) is 0 Å². The van der Waals surface area contributed by atoms with Gasteiger partial charge >= 0.3 is 0 Å². The molecule has 2 amide bonds. The second-order valence-electron chi connectivity index (χ2n) is 6.07. The molecule has 0 bridgehead atoms. The average Bonchev–Trinajstić information content (AvgIpc) is 3.09. The molecule has 1 aromatic heterocycles. The van der Waals surface area contributed by atoms with Crippen molar-refractivity contribution in [1.82, 2.24) is 9.88 Å². The number of aromatic nitrogens is 1. The second kappa shape index (κ2) is 5.53. The van der Waals surface area contributed by atoms with Crippen LogP contribution in [0, 0.1) is 0 Å². The predicted octanol–water partition coefficient (Wildman–Crippen LogP) is 2.99. The Morgan fingerprint density at radius 1 is 1.21 bits per heavy atom. The first-order valence-electron chi connectivity index (χ1n) is 7.86. The fourth-order valence-corrected chi connectivity index (χ4v) is 3.22. The van der Waals surface area contributed by atoms with Crippen LogP contribution in [0.2, 0.25) is 0 Å². The molecule has 0 saturated carbocycles. The van der Waals surface area contributed by atoms with E-state index in [-0.39, 0.29) is 24.3 Å². The number of hydrogen-bond donors (Lipinski definition) is 2. The van der Waals surface area contributed by atoms with Crippen LogP contribution >= 0.6 is 0 Å². The number of carbonyl (C=O) groups is 2. The predicted molar refractivity (Wildman–Crippen MR) is 92.8 cm³/mol. The molecule has 2 heterocycles. The number of nitrogens with zero attached hydrogens (tertiary/aromatic N) is 1. The van der Waals surface area contributed by atoms with Crippen molar-refractivity contribution in [1.29, 1.82) is 0 Å². The van der Waals surface area contributed by atoms with Gasteiger partial charge in [0.15, 0.2) is 0 Å². The van der Waals surface area contributed by atoms with Crippen molar-refractivity contribution >= 4 is 28.4 Å². The number of anilines is 1. The highest BCUT2D eigenvalue weighted by atomic mass is 16.2. The van der Waals surface area contributed by atoms with E-state index in [0.29, 0.717) is 5.56 Å². The number of hydrogen-bond acceptors (Lipinski definition) is 2. The van der Waals surface area contributed by atoms with E-state index in [1.807, 2.05) is 60.3 Å². The van der Waals surface area contributed by atoms with Crippen LogP contribution in [0.15, 0.2) is 54.7 Å². The lowest BCUT2D eigenvalue weighted by Crippen LogP contribution is -2.24. The Bertz CT molecular complexity index is 958. The molecular weight excluding hydrogens is 302 g/mol. The first kappa shape index (κ1) is 14.5. The summed E-state index contributed by atoms with van der Waals surface area (Å²) in [5.74, 6) is -0.237. The molecule has 1 atom stereocenters. The van der Waals surface area contributed by atoms with E-state index in [1.165, 1.54) is 0 Å². The smallest absolute Gasteiger partial charge is 0.252 e. The largest absolute Gasteiger partial charge is 0.350 e. The van der Waals surface area contributed by atoms with E-state index in [1.54, 1.807) is 6.07 Å². The molecule has 4 rings (SSSR count). The molecule has 120 valence electrons. The summed E-state index contributed by atoms with van der Waals surface area (Å²) in [6, 6.07) is 15.0. The van der Waals surface area contributed by atoms with Crippen LogP contribution in [0.1, 0.15) is 28.4 Å². The van der Waals surface area contributed by atoms with Crippen molar-refractivity contribution in [3.63, 3.8) is 0 Å². The highest BCUT2D eigenvalue weighted by molar-refractivity contribution is 6.01. The molecule has 2 aromatic carbocycles. The SMILES string of the molecule is Cn1ccc2ccc(NC(=O)C[C@H]3NC(=O)c4ccccc43)cc21. The van der Waals surface area contributed by atoms with Crippen molar-refractivity contribution in [3.05, 3.63) is 65.9 Å². The number of aryl methyl sites for hydroxylation is 1. The van der Waals surface area contributed by atoms with E-state index >= 15 is 0 Å². The molecular formula is C19H17N3O2. The van der Waals surface area contributed by atoms with Crippen molar-refractivity contribution < 1.29 is 9.59 Å². The first-order valence-corrected chi connectivity index (χ1v) is 7.86. The Hall–Kier alpha value is -3.08. The van der Waals surface area contributed by atoms with E-state index in [4.69, 9.17) is 0 Å². The Labute approximate surface area is 139 Å². The molecule has 1 aliphatic heterocycles. The number of nitrogens with one attached hydrogen (secondary N) is 2. The molecule has 0 saturated heterocycles. The summed E-state index contributed by atoms with van der Waals surface area (Å²) < 4.78 is 2.01. The van der Waals surface area contributed by atoms with Gasteiger partial charge in [-0.1, -0.05) is 24.3 Å². The molecule has 0 radical (unpaired) electrons. The Morgan fingerprint density at radius 2 is 2.04 bits per heavy atom. The molecule has 5 heteroatoms. The second-order valence-corrected chi connectivity index (χ2v) is 6.07. The zero-order valence-electron chi connectivity index (χ0n) is 13.2. The molecule has 24 heavy (non-hydrogen) atoms. The zero-order valence-corrected chi connectivity index (χ0v) is 13.2. The summed E-state index contributed by atoms with van der Waals surface area (Å²) in [7, 11) is 1.97. The first-order chi connectivity index (χ1) is 11.6. The molecule has 5 nitrogen and oxygen atoms in total. The summed E-state index contributed by atoms with van der Waals surface area (Å²) in [6.45, 7) is 0. The number of fused-ring (bicyclic) bond motifs is 2. The summed E-state index contributed by atoms with van der Waals surface area (Å²) in [6.07, 6.45) is 2.20. The lowest BCUT2D eigenvalue weighted by atomic mass is 10.0. The summed E-state index contributed by atoms with van der Waals surface area (Å²) >= 11 is 0. The van der Waals surface area contributed by atoms with Gasteiger partial charge in [0.25, 0.3) is 5.91 Å². The standard InChI is InChI=1S/C19H17N3O2/c1-22-9-8-12-6-7-13(10-17(12)22)20-18(23)11-16-14-4-2-3-5-15(14)19(24)21-16/h2-10,16H,11H2,1H3,(H,20,23)(H,21,24)/t16-/m1/s1. The maximum atomic E-state index is 12.4. The van der Waals surface area contributed by atoms with E-state index in [2.05, 4.69) is 10.6 Å². The number of amides is 2. The zero-order chi connectivity index (χ0) is 16.7. The van der Waals surface area contributed by atoms with Gasteiger partial charge in [0.2, 0.25) is 5.91 Å². The van der Waals surface area contributed by atoms with Crippen LogP contribution < -0.4 is 10.6 Å². The van der Waals surface area contributed by atoms with Crippen molar-refractivity contribution in [2.75, 3.05) is 5.32 Å². The Balaban J connectivity index is 1.50. The Morgan fingerprint density at radius 3 is 2.92 bits per heavy atom. The highest BCUT2D eigenvalue weighted by Crippen LogP contribution is 2.28. The maximum Gasteiger partial charge on any atom is 0.252 e. The lowest BCUT2D eigenvalue weighted by molar-refractivity contribution is -0.116. The lowest BCUT2D eigenvalue weighted by Gasteiger charge is -2.12. The minimum Gasteiger partial charge on any atom is -0.350 e.